The van der Waals surface area contributed by atoms with Gasteiger partial charge in [-0.1, -0.05) is 24.3 Å². The summed E-state index contributed by atoms with van der Waals surface area (Å²) in [5.74, 6) is -0.446. The van der Waals surface area contributed by atoms with Crippen LogP contribution in [0.25, 0.3) is 0 Å². The molecule has 3 rings (SSSR count). The molecule has 0 bridgehead atoms. The van der Waals surface area contributed by atoms with Gasteiger partial charge in [-0.05, 0) is 53.2 Å². The maximum atomic E-state index is 13.1. The van der Waals surface area contributed by atoms with E-state index < -0.39 is 0 Å². The van der Waals surface area contributed by atoms with Crippen LogP contribution < -0.4 is 5.32 Å². The summed E-state index contributed by atoms with van der Waals surface area (Å²) in [6.07, 6.45) is 0. The van der Waals surface area contributed by atoms with Gasteiger partial charge in [0.1, 0.15) is 5.82 Å². The van der Waals surface area contributed by atoms with Gasteiger partial charge in [0.25, 0.3) is 0 Å². The highest BCUT2D eigenvalue weighted by atomic mass is 35.5. The molecule has 3 aromatic rings. The Morgan fingerprint density at radius 2 is 1.96 bits per heavy atom. The van der Waals surface area contributed by atoms with E-state index in [0.717, 1.165) is 10.5 Å². The first kappa shape index (κ1) is 17.4. The van der Waals surface area contributed by atoms with Crippen LogP contribution in [0.1, 0.15) is 12.5 Å². The number of amides is 1. The first-order chi connectivity index (χ1) is 12.0. The smallest absolute Gasteiger partial charge is 0.243 e. The maximum Gasteiger partial charge on any atom is 0.243 e. The molecule has 0 atom stereocenters. The van der Waals surface area contributed by atoms with Gasteiger partial charge in [-0.3, -0.25) is 4.79 Å². The molecule has 5 nitrogen and oxygen atoms in total. The van der Waals surface area contributed by atoms with E-state index in [4.69, 9.17) is 11.6 Å². The fraction of sp³-hybridized carbons (Fsp3) is 0.118. The average molecular weight is 377 g/mol. The molecule has 8 heteroatoms. The highest BCUT2D eigenvalue weighted by molar-refractivity contribution is 7.99. The number of carbonyl (C=O) groups excluding carboxylic acids is 1. The summed E-state index contributed by atoms with van der Waals surface area (Å²) in [7, 11) is 0. The second kappa shape index (κ2) is 7.67. The van der Waals surface area contributed by atoms with Crippen LogP contribution in [0.4, 0.5) is 10.1 Å². The fourth-order valence-electron chi connectivity index (χ4n) is 2.19. The summed E-state index contributed by atoms with van der Waals surface area (Å²) in [6, 6.07) is 13.6. The van der Waals surface area contributed by atoms with E-state index in [1.807, 2.05) is 24.3 Å². The van der Waals surface area contributed by atoms with Crippen LogP contribution in [0.2, 0.25) is 5.28 Å². The van der Waals surface area contributed by atoms with Gasteiger partial charge in [-0.2, -0.15) is 4.98 Å². The molecule has 1 aromatic heterocycles. The Morgan fingerprint density at radius 1 is 1.24 bits per heavy atom. The Bertz CT molecular complexity index is 898. The van der Waals surface area contributed by atoms with Gasteiger partial charge in [0.15, 0.2) is 5.16 Å². The van der Waals surface area contributed by atoms with Crippen LogP contribution in [-0.4, -0.2) is 20.7 Å². The molecule has 1 amide bonds. The van der Waals surface area contributed by atoms with E-state index in [0.29, 0.717) is 17.4 Å². The lowest BCUT2D eigenvalue weighted by Crippen LogP contribution is -2.07. The normalized spacial score (nSPS) is 10.7. The summed E-state index contributed by atoms with van der Waals surface area (Å²) in [6.45, 7) is 1.86. The predicted octanol–water partition coefficient (Wildman–Crippen LogP) is 4.23. The minimum atomic E-state index is -0.292. The zero-order chi connectivity index (χ0) is 17.8. The standard InChI is InChI=1S/C17H14ClFN4OS/c1-11(24)20-14-4-2-3-5-15(14)25-17-21-16(18)22-23(17)10-12-6-8-13(19)9-7-12/h2-9H,10H2,1H3,(H,20,24). The molecular weight excluding hydrogens is 363 g/mol. The van der Waals surface area contributed by atoms with Gasteiger partial charge in [-0.15, -0.1) is 5.10 Å². The van der Waals surface area contributed by atoms with Gasteiger partial charge < -0.3 is 5.32 Å². The molecule has 0 saturated heterocycles. The molecule has 128 valence electrons. The molecule has 0 radical (unpaired) electrons. The van der Waals surface area contributed by atoms with E-state index >= 15 is 0 Å². The third-order valence-corrected chi connectivity index (χ3v) is 4.48. The van der Waals surface area contributed by atoms with Crippen molar-refractivity contribution in [2.24, 2.45) is 0 Å². The van der Waals surface area contributed by atoms with Crippen LogP contribution in [0.3, 0.4) is 0 Å². The van der Waals surface area contributed by atoms with E-state index in [-0.39, 0.29) is 17.0 Å². The van der Waals surface area contributed by atoms with Crippen molar-refractivity contribution in [3.8, 4) is 0 Å². The summed E-state index contributed by atoms with van der Waals surface area (Å²) >= 11 is 7.30. The second-order valence-electron chi connectivity index (χ2n) is 5.23. The molecular formula is C17H14ClFN4OS. The summed E-state index contributed by atoms with van der Waals surface area (Å²) in [5, 5.41) is 7.67. The molecule has 1 N–H and O–H groups in total. The molecule has 0 aliphatic carbocycles. The Hall–Kier alpha value is -2.38. The lowest BCUT2D eigenvalue weighted by molar-refractivity contribution is -0.114. The third-order valence-electron chi connectivity index (χ3n) is 3.26. The first-order valence-corrected chi connectivity index (χ1v) is 8.60. The van der Waals surface area contributed by atoms with Crippen molar-refractivity contribution in [3.63, 3.8) is 0 Å². The van der Waals surface area contributed by atoms with Crippen molar-refractivity contribution >= 4 is 35.0 Å². The quantitative estimate of drug-likeness (QED) is 0.724. The Balaban J connectivity index is 1.86. The lowest BCUT2D eigenvalue weighted by Gasteiger charge is -2.10. The zero-order valence-electron chi connectivity index (χ0n) is 13.2. The van der Waals surface area contributed by atoms with Gasteiger partial charge in [0.05, 0.1) is 12.2 Å². The largest absolute Gasteiger partial charge is 0.325 e. The van der Waals surface area contributed by atoms with E-state index in [1.54, 1.807) is 16.8 Å². The molecule has 0 aliphatic rings. The summed E-state index contributed by atoms with van der Waals surface area (Å²) in [5.41, 5.74) is 1.56. The summed E-state index contributed by atoms with van der Waals surface area (Å²) < 4.78 is 14.7. The topological polar surface area (TPSA) is 59.8 Å². The third kappa shape index (κ3) is 4.58. The van der Waals surface area contributed by atoms with Gasteiger partial charge in [0.2, 0.25) is 11.2 Å². The summed E-state index contributed by atoms with van der Waals surface area (Å²) in [4.78, 5) is 16.4. The molecule has 0 unspecified atom stereocenters. The number of para-hydroxylation sites is 1. The van der Waals surface area contributed by atoms with Crippen molar-refractivity contribution in [3.05, 3.63) is 65.2 Å². The number of carbonyl (C=O) groups is 1. The highest BCUT2D eigenvalue weighted by Gasteiger charge is 2.13. The number of nitrogens with zero attached hydrogens (tertiary/aromatic N) is 3. The molecule has 2 aromatic carbocycles. The Kier molecular flexibility index (Phi) is 5.35. The van der Waals surface area contributed by atoms with E-state index in [1.165, 1.54) is 30.8 Å². The van der Waals surface area contributed by atoms with Crippen LogP contribution in [0, 0.1) is 5.82 Å². The Labute approximate surface area is 153 Å². The van der Waals surface area contributed by atoms with Gasteiger partial charge in [0, 0.05) is 11.8 Å². The first-order valence-electron chi connectivity index (χ1n) is 7.40. The molecule has 0 aliphatic heterocycles. The number of rotatable bonds is 5. The molecule has 0 saturated carbocycles. The number of hydrogen-bond acceptors (Lipinski definition) is 4. The zero-order valence-corrected chi connectivity index (χ0v) is 14.8. The van der Waals surface area contributed by atoms with E-state index in [2.05, 4.69) is 15.4 Å². The van der Waals surface area contributed by atoms with E-state index in [9.17, 15) is 9.18 Å². The number of benzene rings is 2. The minimum absolute atomic E-state index is 0.126. The number of nitrogens with one attached hydrogen (secondary N) is 1. The lowest BCUT2D eigenvalue weighted by atomic mass is 10.2. The van der Waals surface area contributed by atoms with Crippen molar-refractivity contribution in [1.29, 1.82) is 0 Å². The number of hydrogen-bond donors (Lipinski definition) is 1. The average Bonchev–Trinajstić information content (AvgIpc) is 2.90. The second-order valence-corrected chi connectivity index (χ2v) is 6.57. The van der Waals surface area contributed by atoms with Crippen LogP contribution in [-0.2, 0) is 11.3 Å². The monoisotopic (exact) mass is 376 g/mol. The van der Waals surface area contributed by atoms with Crippen LogP contribution in [0.5, 0.6) is 0 Å². The van der Waals surface area contributed by atoms with Crippen molar-refractivity contribution in [2.45, 2.75) is 23.5 Å². The number of aromatic nitrogens is 3. The van der Waals surface area contributed by atoms with Crippen molar-refractivity contribution in [1.82, 2.24) is 14.8 Å². The van der Waals surface area contributed by atoms with Crippen LogP contribution >= 0.6 is 23.4 Å². The molecule has 25 heavy (non-hydrogen) atoms. The molecule has 0 spiro atoms. The van der Waals surface area contributed by atoms with Gasteiger partial charge in [-0.25, -0.2) is 9.07 Å². The Morgan fingerprint density at radius 3 is 2.68 bits per heavy atom. The fourth-order valence-corrected chi connectivity index (χ4v) is 3.33. The molecule has 0 fully saturated rings. The maximum absolute atomic E-state index is 13.1. The predicted molar refractivity (Wildman–Crippen MR) is 95.4 cm³/mol. The van der Waals surface area contributed by atoms with Gasteiger partial charge >= 0.3 is 0 Å². The van der Waals surface area contributed by atoms with Crippen molar-refractivity contribution in [2.75, 3.05) is 5.32 Å². The highest BCUT2D eigenvalue weighted by Crippen LogP contribution is 2.33. The number of anilines is 1. The minimum Gasteiger partial charge on any atom is -0.325 e. The van der Waals surface area contributed by atoms with Crippen molar-refractivity contribution < 1.29 is 9.18 Å². The SMILES string of the molecule is CC(=O)Nc1ccccc1Sc1nc(Cl)nn1Cc1ccc(F)cc1. The van der Waals surface area contributed by atoms with Crippen LogP contribution in [0.15, 0.2) is 58.6 Å². The number of halogens is 2. The molecule has 1 heterocycles.